The molecule has 1 atom stereocenters. The number of hydrogen-bond donors (Lipinski definition) is 0. The van der Waals surface area contributed by atoms with Gasteiger partial charge in [0.25, 0.3) is 5.91 Å². The highest BCUT2D eigenvalue weighted by molar-refractivity contribution is 6.15. The maximum Gasteiger partial charge on any atom is 0.255 e. The summed E-state index contributed by atoms with van der Waals surface area (Å²) in [6.45, 7) is 1.85. The minimum atomic E-state index is -0.837. The third-order valence-corrected chi connectivity index (χ3v) is 5.74. The molecular weight excluding hydrogens is 420 g/mol. The first-order valence-corrected chi connectivity index (χ1v) is 10.5. The van der Waals surface area contributed by atoms with Crippen LogP contribution in [0.5, 0.6) is 17.2 Å². The van der Waals surface area contributed by atoms with Crippen LogP contribution < -0.4 is 24.0 Å². The van der Waals surface area contributed by atoms with E-state index in [9.17, 15) is 9.59 Å². The summed E-state index contributed by atoms with van der Waals surface area (Å²) >= 11 is 0. The Morgan fingerprint density at radius 2 is 1.42 bits per heavy atom. The third-order valence-electron chi connectivity index (χ3n) is 5.74. The zero-order chi connectivity index (χ0) is 23.5. The van der Waals surface area contributed by atoms with E-state index < -0.39 is 6.04 Å². The predicted molar refractivity (Wildman–Crippen MR) is 126 cm³/mol. The van der Waals surface area contributed by atoms with Gasteiger partial charge in [0.15, 0.2) is 0 Å². The number of nitrogens with zero attached hydrogens (tertiary/aromatic N) is 2. The standard InChI is InChI=1S/C26H26N2O5/c1-17-5-7-18(8-6-17)25-26(30)27(22-15-21(32-3)13-14-23(22)33-4)16-24(29)28(25)19-9-11-20(31-2)12-10-19/h5-15,25H,16H2,1-4H3/t25-/m1/s1. The van der Waals surface area contributed by atoms with E-state index in [2.05, 4.69) is 0 Å². The second kappa shape index (κ2) is 9.24. The molecule has 7 nitrogen and oxygen atoms in total. The van der Waals surface area contributed by atoms with E-state index in [1.807, 2.05) is 31.2 Å². The number of piperazine rings is 1. The highest BCUT2D eigenvalue weighted by atomic mass is 16.5. The minimum absolute atomic E-state index is 0.128. The molecule has 4 rings (SSSR count). The lowest BCUT2D eigenvalue weighted by Crippen LogP contribution is -2.56. The molecule has 0 unspecified atom stereocenters. The van der Waals surface area contributed by atoms with Gasteiger partial charge in [0.2, 0.25) is 5.91 Å². The van der Waals surface area contributed by atoms with Crippen molar-refractivity contribution in [1.82, 2.24) is 0 Å². The third kappa shape index (κ3) is 4.22. The Bertz CT molecular complexity index is 1160. The van der Waals surface area contributed by atoms with Crippen molar-refractivity contribution in [2.24, 2.45) is 0 Å². The van der Waals surface area contributed by atoms with Crippen LogP contribution in [0, 0.1) is 6.92 Å². The number of ether oxygens (including phenoxy) is 3. The van der Waals surface area contributed by atoms with Gasteiger partial charge in [-0.1, -0.05) is 29.8 Å². The van der Waals surface area contributed by atoms with Crippen LogP contribution in [0.1, 0.15) is 17.2 Å². The van der Waals surface area contributed by atoms with Gasteiger partial charge in [0.1, 0.15) is 29.8 Å². The molecule has 1 fully saturated rings. The van der Waals surface area contributed by atoms with Crippen molar-refractivity contribution in [3.05, 3.63) is 77.9 Å². The van der Waals surface area contributed by atoms with Gasteiger partial charge in [-0.05, 0) is 48.9 Å². The molecule has 1 saturated heterocycles. The second-order valence-corrected chi connectivity index (χ2v) is 7.74. The molecule has 0 saturated carbocycles. The van der Waals surface area contributed by atoms with Crippen molar-refractivity contribution in [1.29, 1.82) is 0 Å². The number of benzene rings is 3. The molecule has 0 aromatic heterocycles. The molecule has 1 heterocycles. The number of aryl methyl sites for hydroxylation is 1. The van der Waals surface area contributed by atoms with Gasteiger partial charge in [0, 0.05) is 11.8 Å². The molecular formula is C26H26N2O5. The van der Waals surface area contributed by atoms with Gasteiger partial charge in [-0.3, -0.25) is 19.4 Å². The molecule has 0 spiro atoms. The summed E-state index contributed by atoms with van der Waals surface area (Å²) in [5, 5.41) is 0. The first-order valence-electron chi connectivity index (χ1n) is 10.5. The quantitative estimate of drug-likeness (QED) is 0.569. The largest absolute Gasteiger partial charge is 0.497 e. The maximum absolute atomic E-state index is 13.9. The Kier molecular flexibility index (Phi) is 6.22. The number of carbonyl (C=O) groups is 2. The Morgan fingerprint density at radius 3 is 2.03 bits per heavy atom. The number of hydrogen-bond acceptors (Lipinski definition) is 5. The Labute approximate surface area is 193 Å². The summed E-state index contributed by atoms with van der Waals surface area (Å²) in [6, 6.07) is 19.1. The second-order valence-electron chi connectivity index (χ2n) is 7.74. The molecule has 1 aliphatic heterocycles. The monoisotopic (exact) mass is 446 g/mol. The van der Waals surface area contributed by atoms with Crippen molar-refractivity contribution in [3.63, 3.8) is 0 Å². The van der Waals surface area contributed by atoms with E-state index in [4.69, 9.17) is 14.2 Å². The normalized spacial score (nSPS) is 16.1. The number of anilines is 2. The molecule has 33 heavy (non-hydrogen) atoms. The van der Waals surface area contributed by atoms with Crippen LogP contribution in [0.3, 0.4) is 0 Å². The van der Waals surface area contributed by atoms with Gasteiger partial charge in [-0.25, -0.2) is 0 Å². The van der Waals surface area contributed by atoms with E-state index in [0.717, 1.165) is 11.1 Å². The highest BCUT2D eigenvalue weighted by Crippen LogP contribution is 2.39. The van der Waals surface area contributed by atoms with Gasteiger partial charge in [-0.2, -0.15) is 0 Å². The summed E-state index contributed by atoms with van der Waals surface area (Å²) < 4.78 is 16.1. The lowest BCUT2D eigenvalue weighted by atomic mass is 9.98. The summed E-state index contributed by atoms with van der Waals surface area (Å²) in [4.78, 5) is 30.5. The number of methoxy groups -OCH3 is 3. The van der Waals surface area contributed by atoms with Crippen LogP contribution in [-0.4, -0.2) is 39.7 Å². The number of carbonyl (C=O) groups excluding carboxylic acids is 2. The van der Waals surface area contributed by atoms with E-state index in [-0.39, 0.29) is 18.4 Å². The maximum atomic E-state index is 13.9. The number of amides is 2. The average Bonchev–Trinajstić information content (AvgIpc) is 2.85. The summed E-state index contributed by atoms with van der Waals surface area (Å²) in [5.41, 5.74) is 2.90. The van der Waals surface area contributed by atoms with Crippen molar-refractivity contribution in [2.45, 2.75) is 13.0 Å². The first-order chi connectivity index (χ1) is 16.0. The zero-order valence-corrected chi connectivity index (χ0v) is 19.1. The van der Waals surface area contributed by atoms with Gasteiger partial charge >= 0.3 is 0 Å². The van der Waals surface area contributed by atoms with Gasteiger partial charge in [0.05, 0.1) is 27.0 Å². The summed E-state index contributed by atoms with van der Waals surface area (Å²) in [7, 11) is 4.66. The fourth-order valence-electron chi connectivity index (χ4n) is 3.98. The number of rotatable bonds is 6. The van der Waals surface area contributed by atoms with Crippen molar-refractivity contribution >= 4 is 23.2 Å². The lowest BCUT2D eigenvalue weighted by molar-refractivity contribution is -0.128. The molecule has 7 heteroatoms. The van der Waals surface area contributed by atoms with E-state index in [1.165, 1.54) is 12.0 Å². The predicted octanol–water partition coefficient (Wildman–Crippen LogP) is 4.14. The van der Waals surface area contributed by atoms with Crippen LogP contribution >= 0.6 is 0 Å². The Hall–Kier alpha value is -4.00. The first kappa shape index (κ1) is 22.2. The van der Waals surface area contributed by atoms with Crippen molar-refractivity contribution in [3.8, 4) is 17.2 Å². The molecule has 1 aliphatic rings. The summed E-state index contributed by atoms with van der Waals surface area (Å²) in [6.07, 6.45) is 0. The van der Waals surface area contributed by atoms with Gasteiger partial charge in [-0.15, -0.1) is 0 Å². The topological polar surface area (TPSA) is 68.3 Å². The molecule has 0 bridgehead atoms. The smallest absolute Gasteiger partial charge is 0.255 e. The molecule has 3 aromatic carbocycles. The van der Waals surface area contributed by atoms with Crippen LogP contribution in [0.2, 0.25) is 0 Å². The SMILES string of the molecule is COc1ccc(N2C(=O)CN(c3cc(OC)ccc3OC)C(=O)[C@H]2c2ccc(C)cc2)cc1. The Balaban J connectivity index is 1.82. The highest BCUT2D eigenvalue weighted by Gasteiger charge is 2.42. The molecule has 170 valence electrons. The van der Waals surface area contributed by atoms with Crippen LogP contribution in [0.25, 0.3) is 0 Å². The van der Waals surface area contributed by atoms with Crippen molar-refractivity contribution in [2.75, 3.05) is 37.7 Å². The van der Waals surface area contributed by atoms with Crippen LogP contribution in [0.4, 0.5) is 11.4 Å². The van der Waals surface area contributed by atoms with E-state index >= 15 is 0 Å². The zero-order valence-electron chi connectivity index (χ0n) is 19.1. The molecule has 2 amide bonds. The van der Waals surface area contributed by atoms with E-state index in [1.54, 1.807) is 61.6 Å². The van der Waals surface area contributed by atoms with Crippen molar-refractivity contribution < 1.29 is 23.8 Å². The Morgan fingerprint density at radius 1 is 0.788 bits per heavy atom. The lowest BCUT2D eigenvalue weighted by Gasteiger charge is -2.40. The molecule has 0 aliphatic carbocycles. The molecule has 3 aromatic rings. The fourth-order valence-corrected chi connectivity index (χ4v) is 3.98. The van der Waals surface area contributed by atoms with Crippen LogP contribution in [0.15, 0.2) is 66.7 Å². The van der Waals surface area contributed by atoms with E-state index in [0.29, 0.717) is 28.6 Å². The molecule has 0 radical (unpaired) electrons. The minimum Gasteiger partial charge on any atom is -0.497 e. The van der Waals surface area contributed by atoms with Crippen LogP contribution in [-0.2, 0) is 9.59 Å². The summed E-state index contributed by atoms with van der Waals surface area (Å²) in [5.74, 6) is 1.27. The molecule has 0 N–H and O–H groups in total. The average molecular weight is 447 g/mol. The fraction of sp³-hybridized carbons (Fsp3) is 0.231. The van der Waals surface area contributed by atoms with Gasteiger partial charge < -0.3 is 14.2 Å².